The normalized spacial score (nSPS) is 9.53. The van der Waals surface area contributed by atoms with E-state index in [0.29, 0.717) is 0 Å². The van der Waals surface area contributed by atoms with Crippen LogP contribution in [0.2, 0.25) is 0 Å². The summed E-state index contributed by atoms with van der Waals surface area (Å²) in [6.07, 6.45) is 0. The van der Waals surface area contributed by atoms with Gasteiger partial charge < -0.3 is 0 Å². The number of methoxy groups -OCH3 is 2. The van der Waals surface area contributed by atoms with E-state index >= 15 is 0 Å². The van der Waals surface area contributed by atoms with E-state index in [0.717, 1.165) is 11.5 Å². The Balaban J connectivity index is 2.18. The first kappa shape index (κ1) is 12.1. The van der Waals surface area contributed by atoms with Gasteiger partial charge in [-0.05, 0) is 0 Å². The van der Waals surface area contributed by atoms with Crippen molar-refractivity contribution in [2.75, 3.05) is 14.2 Å². The third kappa shape index (κ3) is 3.31. The quantitative estimate of drug-likeness (QED) is 0.794. The number of hydrogen-bond donors (Lipinski definition) is 0. The fourth-order valence-corrected chi connectivity index (χ4v) is 5.13. The molecule has 0 atom stereocenters. The number of rotatable bonds is 4. The van der Waals surface area contributed by atoms with Crippen LogP contribution >= 0.6 is 0 Å². The standard InChI is InChI=1S/2C7H7O.Zn/c2*1-8-7-5-3-2-4-6-7;/h2*2-3,5-6H,1H3;. The van der Waals surface area contributed by atoms with Gasteiger partial charge in [-0.15, -0.1) is 0 Å². The molecule has 0 aliphatic heterocycles. The van der Waals surface area contributed by atoms with Gasteiger partial charge in [0.1, 0.15) is 0 Å². The van der Waals surface area contributed by atoms with Crippen LogP contribution in [0.15, 0.2) is 48.5 Å². The minimum atomic E-state index is -0.924. The summed E-state index contributed by atoms with van der Waals surface area (Å²) in [4.78, 5) is 0. The SMILES string of the molecule is COc1ccc[c]([Zn][c]2cccc(OC)c2)c1. The molecule has 17 heavy (non-hydrogen) atoms. The van der Waals surface area contributed by atoms with E-state index < -0.39 is 17.1 Å². The molecule has 0 heterocycles. The molecule has 0 unspecified atom stereocenters. The molecular weight excluding hydrogens is 266 g/mol. The molecule has 0 radical (unpaired) electrons. The summed E-state index contributed by atoms with van der Waals surface area (Å²) >= 11 is -0.924. The molecule has 2 rings (SSSR count). The van der Waals surface area contributed by atoms with Crippen molar-refractivity contribution < 1.29 is 26.6 Å². The average molecular weight is 280 g/mol. The van der Waals surface area contributed by atoms with Crippen LogP contribution in [0.5, 0.6) is 11.5 Å². The molecule has 3 heteroatoms. The molecule has 0 aliphatic rings. The predicted octanol–water partition coefficient (Wildman–Crippen LogP) is 1.74. The van der Waals surface area contributed by atoms with Gasteiger partial charge in [-0.3, -0.25) is 0 Å². The van der Waals surface area contributed by atoms with Gasteiger partial charge >= 0.3 is 109 Å². The fourth-order valence-electron chi connectivity index (χ4n) is 1.80. The minimum absolute atomic E-state index is 0.924. The van der Waals surface area contributed by atoms with E-state index in [4.69, 9.17) is 9.47 Å². The molecule has 0 aliphatic carbocycles. The number of hydrogen-bond acceptors (Lipinski definition) is 2. The third-order valence-electron chi connectivity index (χ3n) is 2.68. The van der Waals surface area contributed by atoms with Crippen molar-refractivity contribution in [3.63, 3.8) is 0 Å². The molecule has 2 aromatic rings. The molecule has 84 valence electrons. The van der Waals surface area contributed by atoms with Crippen molar-refractivity contribution in [2.24, 2.45) is 0 Å². The Morgan fingerprint density at radius 3 is 1.65 bits per heavy atom. The van der Waals surface area contributed by atoms with Gasteiger partial charge in [-0.1, -0.05) is 0 Å². The van der Waals surface area contributed by atoms with Crippen LogP contribution in [0.3, 0.4) is 0 Å². The first-order valence-corrected chi connectivity index (χ1v) is 8.54. The molecule has 0 bridgehead atoms. The molecule has 0 aromatic heterocycles. The molecule has 0 spiro atoms. The van der Waals surface area contributed by atoms with E-state index in [1.54, 1.807) is 14.2 Å². The summed E-state index contributed by atoms with van der Waals surface area (Å²) in [5.41, 5.74) is 0. The van der Waals surface area contributed by atoms with Gasteiger partial charge in [-0.2, -0.15) is 0 Å². The summed E-state index contributed by atoms with van der Waals surface area (Å²) < 4.78 is 13.3. The summed E-state index contributed by atoms with van der Waals surface area (Å²) in [7, 11) is 3.41. The zero-order valence-electron chi connectivity index (χ0n) is 10.1. The van der Waals surface area contributed by atoms with E-state index in [2.05, 4.69) is 36.4 Å². The molecule has 0 saturated carbocycles. The van der Waals surface area contributed by atoms with Crippen LogP contribution in [0.25, 0.3) is 0 Å². The van der Waals surface area contributed by atoms with Gasteiger partial charge in [0.05, 0.1) is 0 Å². The van der Waals surface area contributed by atoms with Crippen molar-refractivity contribution in [2.45, 2.75) is 0 Å². The average Bonchev–Trinajstić information content (AvgIpc) is 2.39. The zero-order valence-corrected chi connectivity index (χ0v) is 13.1. The Hall–Kier alpha value is -1.34. The molecule has 2 nitrogen and oxygen atoms in total. The van der Waals surface area contributed by atoms with Gasteiger partial charge in [0, 0.05) is 0 Å². The van der Waals surface area contributed by atoms with Crippen molar-refractivity contribution in [3.8, 4) is 11.5 Å². The van der Waals surface area contributed by atoms with Gasteiger partial charge in [0.2, 0.25) is 0 Å². The Kier molecular flexibility index (Phi) is 4.16. The summed E-state index contributed by atoms with van der Waals surface area (Å²) in [5, 5.41) is 0. The molecule has 0 fully saturated rings. The summed E-state index contributed by atoms with van der Waals surface area (Å²) in [5.74, 6) is 1.88. The van der Waals surface area contributed by atoms with E-state index in [-0.39, 0.29) is 0 Å². The Labute approximate surface area is 109 Å². The van der Waals surface area contributed by atoms with E-state index in [9.17, 15) is 0 Å². The van der Waals surface area contributed by atoms with Gasteiger partial charge in [0.15, 0.2) is 0 Å². The van der Waals surface area contributed by atoms with Crippen LogP contribution in [0.1, 0.15) is 0 Å². The number of benzene rings is 2. The molecular formula is C14H14O2Zn. The second-order valence-electron chi connectivity index (χ2n) is 3.88. The monoisotopic (exact) mass is 278 g/mol. The van der Waals surface area contributed by atoms with Crippen LogP contribution in [0.4, 0.5) is 0 Å². The molecule has 0 N–H and O–H groups in total. The van der Waals surface area contributed by atoms with Crippen molar-refractivity contribution >= 4 is 8.32 Å². The van der Waals surface area contributed by atoms with Gasteiger partial charge in [-0.25, -0.2) is 0 Å². The fraction of sp³-hybridized carbons (Fsp3) is 0.143. The Bertz CT molecular complexity index is 452. The van der Waals surface area contributed by atoms with Crippen molar-refractivity contribution in [1.82, 2.24) is 0 Å². The van der Waals surface area contributed by atoms with Crippen molar-refractivity contribution in [1.29, 1.82) is 0 Å². The van der Waals surface area contributed by atoms with E-state index in [1.165, 1.54) is 8.32 Å². The second-order valence-corrected chi connectivity index (χ2v) is 8.05. The zero-order chi connectivity index (χ0) is 12.1. The first-order valence-electron chi connectivity index (χ1n) is 5.57. The first-order chi connectivity index (χ1) is 8.31. The Morgan fingerprint density at radius 2 is 1.24 bits per heavy atom. The predicted molar refractivity (Wildman–Crippen MR) is 65.3 cm³/mol. The van der Waals surface area contributed by atoms with Crippen LogP contribution in [-0.4, -0.2) is 14.2 Å². The maximum absolute atomic E-state index is 5.24. The number of ether oxygens (including phenoxy) is 2. The van der Waals surface area contributed by atoms with E-state index in [1.807, 2.05) is 12.1 Å². The van der Waals surface area contributed by atoms with Crippen LogP contribution < -0.4 is 17.8 Å². The van der Waals surface area contributed by atoms with Crippen LogP contribution in [-0.2, 0) is 17.1 Å². The third-order valence-corrected chi connectivity index (χ3v) is 6.24. The van der Waals surface area contributed by atoms with Gasteiger partial charge in [0.25, 0.3) is 0 Å². The molecule has 0 amide bonds. The molecule has 2 aromatic carbocycles. The maximum atomic E-state index is 5.24. The Morgan fingerprint density at radius 1 is 0.765 bits per heavy atom. The molecule has 0 saturated heterocycles. The summed E-state index contributed by atoms with van der Waals surface area (Å²) in [6.45, 7) is 0. The van der Waals surface area contributed by atoms with Crippen molar-refractivity contribution in [3.05, 3.63) is 48.5 Å². The summed E-state index contributed by atoms with van der Waals surface area (Å²) in [6, 6.07) is 16.7. The second kappa shape index (κ2) is 5.83. The van der Waals surface area contributed by atoms with Crippen LogP contribution in [0, 0.1) is 0 Å². The topological polar surface area (TPSA) is 18.5 Å².